The predicted octanol–water partition coefficient (Wildman–Crippen LogP) is 5.72. The maximum atomic E-state index is 12.0. The fourth-order valence-electron chi connectivity index (χ4n) is 2.53. The molecule has 28 heavy (non-hydrogen) atoms. The number of hydrogen-bond donors (Lipinski definition) is 1. The molecule has 0 atom stereocenters. The van der Waals surface area contributed by atoms with Gasteiger partial charge in [-0.05, 0) is 73.0 Å². The van der Waals surface area contributed by atoms with Crippen molar-refractivity contribution in [2.45, 2.75) is 13.8 Å². The van der Waals surface area contributed by atoms with Gasteiger partial charge in [-0.25, -0.2) is 0 Å². The predicted molar refractivity (Wildman–Crippen MR) is 115 cm³/mol. The monoisotopic (exact) mass is 392 g/mol. The van der Waals surface area contributed by atoms with E-state index in [0.29, 0.717) is 10.8 Å². The highest BCUT2D eigenvalue weighted by atomic mass is 35.5. The summed E-state index contributed by atoms with van der Waals surface area (Å²) in [6.45, 7) is 4.01. The number of amides is 1. The third-order valence-electron chi connectivity index (χ3n) is 4.23. The molecule has 3 aromatic rings. The van der Waals surface area contributed by atoms with E-state index in [1.807, 2.05) is 54.6 Å². The summed E-state index contributed by atoms with van der Waals surface area (Å²) in [7, 11) is 0. The highest BCUT2D eigenvalue weighted by Crippen LogP contribution is 2.25. The Hall–Kier alpha value is -3.11. The number of aryl methyl sites for hydroxylation is 2. The van der Waals surface area contributed by atoms with E-state index in [-0.39, 0.29) is 12.5 Å². The SMILES string of the molecule is Cc1ccc(N=Cc2ccc(OCC(=O)Nc3ccccc3)c(Cl)c2)cc1C. The first kappa shape index (κ1) is 19.6. The summed E-state index contributed by atoms with van der Waals surface area (Å²) < 4.78 is 5.53. The van der Waals surface area contributed by atoms with Gasteiger partial charge in [-0.2, -0.15) is 0 Å². The van der Waals surface area contributed by atoms with Crippen LogP contribution >= 0.6 is 11.6 Å². The van der Waals surface area contributed by atoms with E-state index in [4.69, 9.17) is 16.3 Å². The molecule has 0 aliphatic rings. The van der Waals surface area contributed by atoms with Crippen molar-refractivity contribution >= 4 is 35.1 Å². The zero-order chi connectivity index (χ0) is 19.9. The average Bonchev–Trinajstić information content (AvgIpc) is 2.69. The van der Waals surface area contributed by atoms with Gasteiger partial charge in [0.05, 0.1) is 10.7 Å². The average molecular weight is 393 g/mol. The van der Waals surface area contributed by atoms with Crippen LogP contribution in [-0.2, 0) is 4.79 Å². The van der Waals surface area contributed by atoms with Gasteiger partial charge < -0.3 is 10.1 Å². The summed E-state index contributed by atoms with van der Waals surface area (Å²) in [5, 5.41) is 3.19. The number of anilines is 1. The number of halogens is 1. The van der Waals surface area contributed by atoms with Crippen molar-refractivity contribution in [2.75, 3.05) is 11.9 Å². The fraction of sp³-hybridized carbons (Fsp3) is 0.130. The van der Waals surface area contributed by atoms with E-state index in [1.165, 1.54) is 11.1 Å². The Balaban J connectivity index is 1.59. The summed E-state index contributed by atoms with van der Waals surface area (Å²) >= 11 is 6.28. The summed E-state index contributed by atoms with van der Waals surface area (Å²) in [6, 6.07) is 20.6. The van der Waals surface area contributed by atoms with Crippen molar-refractivity contribution in [2.24, 2.45) is 4.99 Å². The standard InChI is InChI=1S/C23H21ClN2O2/c1-16-8-10-20(12-17(16)2)25-14-18-9-11-22(21(24)13-18)28-15-23(27)26-19-6-4-3-5-7-19/h3-14H,15H2,1-2H3,(H,26,27). The van der Waals surface area contributed by atoms with Crippen LogP contribution in [0.3, 0.4) is 0 Å². The van der Waals surface area contributed by atoms with Gasteiger partial charge in [-0.3, -0.25) is 9.79 Å². The molecule has 3 rings (SSSR count). The van der Waals surface area contributed by atoms with Crippen LogP contribution in [0.15, 0.2) is 71.7 Å². The van der Waals surface area contributed by atoms with E-state index in [1.54, 1.807) is 18.3 Å². The molecule has 0 aliphatic carbocycles. The number of hydrogen-bond acceptors (Lipinski definition) is 3. The molecule has 0 aliphatic heterocycles. The molecule has 5 heteroatoms. The first-order valence-corrected chi connectivity index (χ1v) is 9.27. The number of aliphatic imine (C=N–C) groups is 1. The summed E-state index contributed by atoms with van der Waals surface area (Å²) in [6.07, 6.45) is 1.75. The molecular weight excluding hydrogens is 372 g/mol. The smallest absolute Gasteiger partial charge is 0.262 e. The molecule has 1 amide bonds. The van der Waals surface area contributed by atoms with Crippen molar-refractivity contribution in [3.8, 4) is 5.75 Å². The normalized spacial score (nSPS) is 10.8. The number of para-hydroxylation sites is 1. The van der Waals surface area contributed by atoms with Gasteiger partial charge in [0.15, 0.2) is 6.61 Å². The van der Waals surface area contributed by atoms with Gasteiger partial charge in [-0.15, -0.1) is 0 Å². The lowest BCUT2D eigenvalue weighted by Crippen LogP contribution is -2.20. The molecule has 0 unspecified atom stereocenters. The van der Waals surface area contributed by atoms with E-state index in [9.17, 15) is 4.79 Å². The molecule has 4 nitrogen and oxygen atoms in total. The molecule has 0 aromatic heterocycles. The van der Waals surface area contributed by atoms with Crippen LogP contribution in [-0.4, -0.2) is 18.7 Å². The maximum Gasteiger partial charge on any atom is 0.262 e. The highest BCUT2D eigenvalue weighted by Gasteiger charge is 2.07. The van der Waals surface area contributed by atoms with Gasteiger partial charge >= 0.3 is 0 Å². The van der Waals surface area contributed by atoms with E-state index in [2.05, 4.69) is 24.2 Å². The molecule has 0 heterocycles. The quantitative estimate of drug-likeness (QED) is 0.545. The van der Waals surface area contributed by atoms with Crippen LogP contribution < -0.4 is 10.1 Å². The molecule has 0 saturated heterocycles. The number of carbonyl (C=O) groups is 1. The molecule has 0 bridgehead atoms. The van der Waals surface area contributed by atoms with Gasteiger partial charge in [0, 0.05) is 11.9 Å². The van der Waals surface area contributed by atoms with Crippen molar-refractivity contribution in [1.29, 1.82) is 0 Å². The van der Waals surface area contributed by atoms with Crippen molar-refractivity contribution in [1.82, 2.24) is 0 Å². The Morgan fingerprint density at radius 2 is 1.82 bits per heavy atom. The molecule has 0 saturated carbocycles. The van der Waals surface area contributed by atoms with Crippen molar-refractivity contribution in [3.05, 3.63) is 88.4 Å². The Morgan fingerprint density at radius 1 is 1.04 bits per heavy atom. The largest absolute Gasteiger partial charge is 0.482 e. The number of rotatable bonds is 6. The van der Waals surface area contributed by atoms with E-state index >= 15 is 0 Å². The Bertz CT molecular complexity index is 1000. The molecule has 0 fully saturated rings. The lowest BCUT2D eigenvalue weighted by atomic mass is 10.1. The lowest BCUT2D eigenvalue weighted by Gasteiger charge is -2.09. The third kappa shape index (κ3) is 5.44. The lowest BCUT2D eigenvalue weighted by molar-refractivity contribution is -0.118. The number of benzene rings is 3. The number of nitrogens with zero attached hydrogens (tertiary/aromatic N) is 1. The second kappa shape index (κ2) is 9.20. The zero-order valence-corrected chi connectivity index (χ0v) is 16.5. The maximum absolute atomic E-state index is 12.0. The van der Waals surface area contributed by atoms with Crippen LogP contribution in [0.25, 0.3) is 0 Å². The summed E-state index contributed by atoms with van der Waals surface area (Å²) in [4.78, 5) is 16.5. The van der Waals surface area contributed by atoms with Crippen LogP contribution in [0.5, 0.6) is 5.75 Å². The van der Waals surface area contributed by atoms with Crippen LogP contribution in [0.4, 0.5) is 11.4 Å². The molecule has 3 aromatic carbocycles. The first-order valence-electron chi connectivity index (χ1n) is 8.90. The van der Waals surface area contributed by atoms with Gasteiger partial charge in [-0.1, -0.05) is 35.9 Å². The van der Waals surface area contributed by atoms with Crippen molar-refractivity contribution < 1.29 is 9.53 Å². The van der Waals surface area contributed by atoms with Crippen LogP contribution in [0, 0.1) is 13.8 Å². The summed E-state index contributed by atoms with van der Waals surface area (Å²) in [5.41, 5.74) is 4.89. The van der Waals surface area contributed by atoms with Crippen molar-refractivity contribution in [3.63, 3.8) is 0 Å². The number of ether oxygens (including phenoxy) is 1. The van der Waals surface area contributed by atoms with Crippen LogP contribution in [0.2, 0.25) is 5.02 Å². The van der Waals surface area contributed by atoms with Crippen LogP contribution in [0.1, 0.15) is 16.7 Å². The molecule has 0 radical (unpaired) electrons. The Labute approximate surface area is 169 Å². The van der Waals surface area contributed by atoms with Gasteiger partial charge in [0.25, 0.3) is 5.91 Å². The molecule has 142 valence electrons. The fourth-order valence-corrected chi connectivity index (χ4v) is 2.77. The highest BCUT2D eigenvalue weighted by molar-refractivity contribution is 6.32. The number of nitrogens with one attached hydrogen (secondary N) is 1. The third-order valence-corrected chi connectivity index (χ3v) is 4.52. The van der Waals surface area contributed by atoms with Gasteiger partial charge in [0.2, 0.25) is 0 Å². The minimum Gasteiger partial charge on any atom is -0.482 e. The zero-order valence-electron chi connectivity index (χ0n) is 15.8. The Kier molecular flexibility index (Phi) is 6.45. The molecular formula is C23H21ClN2O2. The number of carbonyl (C=O) groups excluding carboxylic acids is 1. The molecule has 0 spiro atoms. The van der Waals surface area contributed by atoms with E-state index in [0.717, 1.165) is 16.9 Å². The van der Waals surface area contributed by atoms with E-state index < -0.39 is 0 Å². The summed E-state index contributed by atoms with van der Waals surface area (Å²) in [5.74, 6) is 0.204. The second-order valence-corrected chi connectivity index (χ2v) is 6.83. The minimum atomic E-state index is -0.248. The minimum absolute atomic E-state index is 0.120. The Morgan fingerprint density at radius 3 is 2.54 bits per heavy atom. The molecule has 1 N–H and O–H groups in total. The second-order valence-electron chi connectivity index (χ2n) is 6.42. The first-order chi connectivity index (χ1) is 13.5. The van der Waals surface area contributed by atoms with Gasteiger partial charge in [0.1, 0.15) is 5.75 Å². The topological polar surface area (TPSA) is 50.7 Å².